The van der Waals surface area contributed by atoms with Crippen molar-refractivity contribution in [1.82, 2.24) is 0 Å². The Labute approximate surface area is 45.5 Å². The van der Waals surface area contributed by atoms with Crippen LogP contribution in [-0.4, -0.2) is 14.2 Å². The molecular formula is C5H11BO. The van der Waals surface area contributed by atoms with Crippen molar-refractivity contribution in [3.8, 4) is 0 Å². The third-order valence-corrected chi connectivity index (χ3v) is 1.64. The minimum Gasteiger partial charge on any atom is -0.441 e. The van der Waals surface area contributed by atoms with Crippen molar-refractivity contribution >= 4 is 8.05 Å². The highest BCUT2D eigenvalue weighted by Gasteiger charge is 2.11. The summed E-state index contributed by atoms with van der Waals surface area (Å²) >= 11 is 0. The lowest BCUT2D eigenvalue weighted by molar-refractivity contribution is 0.231. The van der Waals surface area contributed by atoms with Crippen LogP contribution in [0.3, 0.4) is 0 Å². The molecule has 0 aromatic rings. The molecule has 1 saturated carbocycles. The SMILES string of the molecule is BOC1CCCC1. The van der Waals surface area contributed by atoms with E-state index >= 15 is 0 Å². The Hall–Kier alpha value is 0.0249. The summed E-state index contributed by atoms with van der Waals surface area (Å²) in [4.78, 5) is 0. The van der Waals surface area contributed by atoms with Crippen LogP contribution in [0.25, 0.3) is 0 Å². The molecule has 0 aromatic heterocycles. The average molecular weight is 98.0 g/mol. The third kappa shape index (κ3) is 1.20. The normalized spacial score (nSPS) is 23.4. The lowest BCUT2D eigenvalue weighted by atomic mass is 10.3. The van der Waals surface area contributed by atoms with Crippen molar-refractivity contribution in [1.29, 1.82) is 0 Å². The summed E-state index contributed by atoms with van der Waals surface area (Å²) < 4.78 is 5.11. The molecule has 7 heavy (non-hydrogen) atoms. The molecule has 0 aliphatic heterocycles. The first-order chi connectivity index (χ1) is 3.43. The molecule has 0 spiro atoms. The summed E-state index contributed by atoms with van der Waals surface area (Å²) in [5, 5.41) is 0. The van der Waals surface area contributed by atoms with Crippen LogP contribution in [0, 0.1) is 0 Å². The second kappa shape index (κ2) is 2.36. The van der Waals surface area contributed by atoms with Gasteiger partial charge in [-0.25, -0.2) is 0 Å². The highest BCUT2D eigenvalue weighted by Crippen LogP contribution is 2.19. The Morgan fingerprint density at radius 2 is 1.86 bits per heavy atom. The molecule has 2 heteroatoms. The van der Waals surface area contributed by atoms with Gasteiger partial charge in [0, 0.05) is 6.10 Å². The van der Waals surface area contributed by atoms with Gasteiger partial charge in [0.1, 0.15) is 0 Å². The van der Waals surface area contributed by atoms with E-state index in [1.54, 1.807) is 8.05 Å². The molecule has 1 rings (SSSR count). The summed E-state index contributed by atoms with van der Waals surface area (Å²) in [6, 6.07) is 0. The lowest BCUT2D eigenvalue weighted by Crippen LogP contribution is -2.02. The number of hydrogen-bond acceptors (Lipinski definition) is 1. The topological polar surface area (TPSA) is 9.23 Å². The number of rotatable bonds is 1. The van der Waals surface area contributed by atoms with Gasteiger partial charge in [-0.05, 0) is 12.8 Å². The van der Waals surface area contributed by atoms with Crippen molar-refractivity contribution in [3.63, 3.8) is 0 Å². The second-order valence-electron chi connectivity index (χ2n) is 2.14. The van der Waals surface area contributed by atoms with Gasteiger partial charge >= 0.3 is 0 Å². The molecule has 1 fully saturated rings. The maximum Gasteiger partial charge on any atom is 0.257 e. The summed E-state index contributed by atoms with van der Waals surface area (Å²) in [7, 11) is 1.80. The standard InChI is InChI=1S/C5H11BO/c6-7-5-3-1-2-4-5/h5H,1-4,6H2. The van der Waals surface area contributed by atoms with E-state index in [0.717, 1.165) is 0 Å². The first kappa shape index (κ1) is 5.17. The van der Waals surface area contributed by atoms with Gasteiger partial charge in [-0.2, -0.15) is 0 Å². The zero-order chi connectivity index (χ0) is 5.11. The molecule has 0 bridgehead atoms. The van der Waals surface area contributed by atoms with E-state index in [4.69, 9.17) is 4.65 Å². The zero-order valence-corrected chi connectivity index (χ0v) is 4.81. The Morgan fingerprint density at radius 3 is 2.14 bits per heavy atom. The van der Waals surface area contributed by atoms with Crippen LogP contribution in [0.15, 0.2) is 0 Å². The van der Waals surface area contributed by atoms with Crippen molar-refractivity contribution in [2.24, 2.45) is 0 Å². The van der Waals surface area contributed by atoms with Gasteiger partial charge in [0.25, 0.3) is 8.05 Å². The molecule has 40 valence electrons. The molecule has 0 radical (unpaired) electrons. The van der Waals surface area contributed by atoms with Gasteiger partial charge in [0.05, 0.1) is 0 Å². The van der Waals surface area contributed by atoms with E-state index in [1.807, 2.05) is 0 Å². The van der Waals surface area contributed by atoms with Gasteiger partial charge in [-0.15, -0.1) is 0 Å². The molecule has 0 atom stereocenters. The maximum absolute atomic E-state index is 5.11. The molecular weight excluding hydrogens is 86.9 g/mol. The van der Waals surface area contributed by atoms with Crippen LogP contribution in [0.5, 0.6) is 0 Å². The second-order valence-corrected chi connectivity index (χ2v) is 2.14. The highest BCUT2D eigenvalue weighted by atomic mass is 16.4. The molecule has 1 aliphatic rings. The summed E-state index contributed by atoms with van der Waals surface area (Å²) in [6.07, 6.45) is 5.92. The van der Waals surface area contributed by atoms with E-state index in [0.29, 0.717) is 6.10 Å². The van der Waals surface area contributed by atoms with Gasteiger partial charge in [-0.3, -0.25) is 0 Å². The van der Waals surface area contributed by atoms with Gasteiger partial charge in [0.2, 0.25) is 0 Å². The smallest absolute Gasteiger partial charge is 0.257 e. The van der Waals surface area contributed by atoms with E-state index in [1.165, 1.54) is 25.7 Å². The van der Waals surface area contributed by atoms with Crippen LogP contribution >= 0.6 is 0 Å². The fourth-order valence-electron chi connectivity index (χ4n) is 1.12. The summed E-state index contributed by atoms with van der Waals surface area (Å²) in [5.41, 5.74) is 0. The molecule has 1 nitrogen and oxygen atoms in total. The highest BCUT2D eigenvalue weighted by molar-refractivity contribution is 5.98. The van der Waals surface area contributed by atoms with Crippen LogP contribution in [0.2, 0.25) is 0 Å². The van der Waals surface area contributed by atoms with Crippen LogP contribution in [-0.2, 0) is 4.65 Å². The predicted molar refractivity (Wildman–Crippen MR) is 31.9 cm³/mol. The molecule has 1 aliphatic carbocycles. The molecule has 0 aromatic carbocycles. The maximum atomic E-state index is 5.11. The Kier molecular flexibility index (Phi) is 1.74. The van der Waals surface area contributed by atoms with Crippen molar-refractivity contribution in [2.45, 2.75) is 31.8 Å². The van der Waals surface area contributed by atoms with Crippen LogP contribution in [0.1, 0.15) is 25.7 Å². The molecule has 0 amide bonds. The Morgan fingerprint density at radius 1 is 1.29 bits per heavy atom. The Bertz CT molecular complexity index is 50.0. The van der Waals surface area contributed by atoms with E-state index < -0.39 is 0 Å². The predicted octanol–water partition coefficient (Wildman–Crippen LogP) is 0.494. The first-order valence-corrected chi connectivity index (χ1v) is 2.96. The molecule has 0 heterocycles. The largest absolute Gasteiger partial charge is 0.441 e. The van der Waals surface area contributed by atoms with Crippen LogP contribution < -0.4 is 0 Å². The van der Waals surface area contributed by atoms with E-state index in [9.17, 15) is 0 Å². The van der Waals surface area contributed by atoms with E-state index in [2.05, 4.69) is 0 Å². The quantitative estimate of drug-likeness (QED) is 0.433. The molecule has 0 N–H and O–H groups in total. The first-order valence-electron chi connectivity index (χ1n) is 2.96. The summed E-state index contributed by atoms with van der Waals surface area (Å²) in [5.74, 6) is 0. The lowest BCUT2D eigenvalue weighted by Gasteiger charge is -2.03. The van der Waals surface area contributed by atoms with Crippen molar-refractivity contribution in [3.05, 3.63) is 0 Å². The fraction of sp³-hybridized carbons (Fsp3) is 1.00. The van der Waals surface area contributed by atoms with Gasteiger partial charge in [-0.1, -0.05) is 12.8 Å². The zero-order valence-electron chi connectivity index (χ0n) is 4.81. The fourth-order valence-corrected chi connectivity index (χ4v) is 1.12. The minimum absolute atomic E-state index is 0.597. The summed E-state index contributed by atoms with van der Waals surface area (Å²) in [6.45, 7) is 0. The van der Waals surface area contributed by atoms with Crippen molar-refractivity contribution in [2.75, 3.05) is 0 Å². The van der Waals surface area contributed by atoms with Gasteiger partial charge in [0.15, 0.2) is 0 Å². The average Bonchev–Trinajstić information content (AvgIpc) is 2.14. The molecule has 0 unspecified atom stereocenters. The Balaban J connectivity index is 2.14. The van der Waals surface area contributed by atoms with E-state index in [-0.39, 0.29) is 0 Å². The monoisotopic (exact) mass is 98.1 g/mol. The number of hydrogen-bond donors (Lipinski definition) is 0. The minimum atomic E-state index is 0.597. The van der Waals surface area contributed by atoms with Crippen molar-refractivity contribution < 1.29 is 4.65 Å². The molecule has 0 saturated heterocycles. The van der Waals surface area contributed by atoms with Gasteiger partial charge < -0.3 is 4.65 Å². The third-order valence-electron chi connectivity index (χ3n) is 1.64. The van der Waals surface area contributed by atoms with Crippen LogP contribution in [0.4, 0.5) is 0 Å².